The third-order valence-corrected chi connectivity index (χ3v) is 5.75. The fourth-order valence-electron chi connectivity index (χ4n) is 4.49. The van der Waals surface area contributed by atoms with E-state index in [1.165, 1.54) is 0 Å². The summed E-state index contributed by atoms with van der Waals surface area (Å²) in [6, 6.07) is 4.83. The lowest BCUT2D eigenvalue weighted by molar-refractivity contribution is -0.141. The molecule has 2 heterocycles. The molecule has 3 N–H and O–H groups in total. The predicted octanol–water partition coefficient (Wildman–Crippen LogP) is 2.94. The first-order valence-corrected chi connectivity index (χ1v) is 9.73. The SMILES string of the molecule is CCOC(=O)C1=C(N)OC2=C(C(=O)CC(C)(C)C2)C12C(=O)Nc1ccc(Cl)cc12. The molecule has 0 saturated heterocycles. The summed E-state index contributed by atoms with van der Waals surface area (Å²) in [6.45, 7) is 5.59. The molecular weight excluding hydrogens is 396 g/mol. The van der Waals surface area contributed by atoms with Gasteiger partial charge >= 0.3 is 5.97 Å². The number of hydrogen-bond acceptors (Lipinski definition) is 6. The standard InChI is InChI=1S/C21H21ClN2O5/c1-4-28-18(26)16-17(23)29-14-9-20(2,3)8-13(25)15(14)21(16)11-7-10(22)5-6-12(11)24-19(21)27/h5-7H,4,8-9,23H2,1-3H3,(H,24,27). The topological polar surface area (TPSA) is 108 Å². The van der Waals surface area contributed by atoms with Crippen LogP contribution in [0, 0.1) is 5.41 Å². The van der Waals surface area contributed by atoms with Crippen molar-refractivity contribution in [2.45, 2.75) is 39.0 Å². The highest BCUT2D eigenvalue weighted by atomic mass is 35.5. The van der Waals surface area contributed by atoms with Crippen LogP contribution in [-0.2, 0) is 29.3 Å². The van der Waals surface area contributed by atoms with Crippen LogP contribution >= 0.6 is 11.6 Å². The highest BCUT2D eigenvalue weighted by Gasteiger charge is 2.62. The maximum absolute atomic E-state index is 13.5. The Labute approximate surface area is 172 Å². The molecule has 1 aromatic rings. The second-order valence-electron chi connectivity index (χ2n) is 8.19. The summed E-state index contributed by atoms with van der Waals surface area (Å²) in [5.74, 6) is -1.56. The van der Waals surface area contributed by atoms with Crippen molar-refractivity contribution in [2.24, 2.45) is 11.1 Å². The minimum atomic E-state index is -1.75. The number of benzene rings is 1. The van der Waals surface area contributed by atoms with Crippen molar-refractivity contribution in [3.8, 4) is 0 Å². The van der Waals surface area contributed by atoms with Gasteiger partial charge in [-0.2, -0.15) is 0 Å². The fraction of sp³-hybridized carbons (Fsp3) is 0.381. The lowest BCUT2D eigenvalue weighted by Gasteiger charge is -2.41. The van der Waals surface area contributed by atoms with E-state index in [4.69, 9.17) is 26.8 Å². The zero-order chi connectivity index (χ0) is 21.1. The van der Waals surface area contributed by atoms with E-state index >= 15 is 0 Å². The number of nitrogens with one attached hydrogen (secondary N) is 1. The summed E-state index contributed by atoms with van der Waals surface area (Å²) in [4.78, 5) is 39.7. The first-order valence-electron chi connectivity index (χ1n) is 9.35. The summed E-state index contributed by atoms with van der Waals surface area (Å²) < 4.78 is 10.9. The van der Waals surface area contributed by atoms with Gasteiger partial charge in [0.25, 0.3) is 0 Å². The molecule has 0 fully saturated rings. The number of carbonyl (C=O) groups is 3. The summed E-state index contributed by atoms with van der Waals surface area (Å²) in [5.41, 5.74) is 4.83. The number of amides is 1. The highest BCUT2D eigenvalue weighted by molar-refractivity contribution is 6.31. The van der Waals surface area contributed by atoms with Crippen LogP contribution in [0.3, 0.4) is 0 Å². The van der Waals surface area contributed by atoms with Crippen LogP contribution in [0.5, 0.6) is 0 Å². The molecule has 0 radical (unpaired) electrons. The summed E-state index contributed by atoms with van der Waals surface area (Å²) in [7, 11) is 0. The molecule has 8 heteroatoms. The number of ketones is 1. The number of ether oxygens (including phenoxy) is 2. The van der Waals surface area contributed by atoms with Gasteiger partial charge in [-0.3, -0.25) is 9.59 Å². The fourth-order valence-corrected chi connectivity index (χ4v) is 4.66. The first-order chi connectivity index (χ1) is 13.6. The number of Topliss-reactive ketones (excluding diaryl/α,β-unsaturated/α-hetero) is 1. The molecule has 1 unspecified atom stereocenters. The largest absolute Gasteiger partial charge is 0.462 e. The molecular formula is C21H21ClN2O5. The van der Waals surface area contributed by atoms with Crippen molar-refractivity contribution in [2.75, 3.05) is 11.9 Å². The number of carbonyl (C=O) groups excluding carboxylic acids is 3. The Morgan fingerprint density at radius 1 is 1.31 bits per heavy atom. The molecule has 1 atom stereocenters. The third kappa shape index (κ3) is 2.68. The second-order valence-corrected chi connectivity index (χ2v) is 8.63. The molecule has 29 heavy (non-hydrogen) atoms. The van der Waals surface area contributed by atoms with Crippen LogP contribution in [0.4, 0.5) is 5.69 Å². The van der Waals surface area contributed by atoms with Gasteiger partial charge in [0.2, 0.25) is 11.8 Å². The van der Waals surface area contributed by atoms with Crippen LogP contribution in [0.1, 0.15) is 39.2 Å². The van der Waals surface area contributed by atoms with Gasteiger partial charge in [-0.15, -0.1) is 0 Å². The lowest BCUT2D eigenvalue weighted by Crippen LogP contribution is -2.50. The number of halogens is 1. The summed E-state index contributed by atoms with van der Waals surface area (Å²) in [5, 5.41) is 3.13. The normalized spacial score (nSPS) is 24.8. The number of allylic oxidation sites excluding steroid dienone is 1. The molecule has 7 nitrogen and oxygen atoms in total. The Kier molecular flexibility index (Phi) is 4.27. The zero-order valence-corrected chi connectivity index (χ0v) is 17.1. The molecule has 2 aliphatic heterocycles. The van der Waals surface area contributed by atoms with Crippen molar-refractivity contribution >= 4 is 34.9 Å². The average molecular weight is 417 g/mol. The van der Waals surface area contributed by atoms with E-state index in [2.05, 4.69) is 5.32 Å². The van der Waals surface area contributed by atoms with Gasteiger partial charge in [0, 0.05) is 29.1 Å². The van der Waals surface area contributed by atoms with Crippen molar-refractivity contribution in [1.82, 2.24) is 0 Å². The van der Waals surface area contributed by atoms with Crippen molar-refractivity contribution < 1.29 is 23.9 Å². The predicted molar refractivity (Wildman–Crippen MR) is 106 cm³/mol. The van der Waals surface area contributed by atoms with E-state index < -0.39 is 17.3 Å². The maximum Gasteiger partial charge on any atom is 0.341 e. The molecule has 0 aromatic heterocycles. The molecule has 1 aliphatic carbocycles. The van der Waals surface area contributed by atoms with E-state index in [0.717, 1.165) is 0 Å². The van der Waals surface area contributed by atoms with Crippen molar-refractivity contribution in [1.29, 1.82) is 0 Å². The average Bonchev–Trinajstić information content (AvgIpc) is 2.86. The number of rotatable bonds is 2. The Bertz CT molecular complexity index is 1040. The Hall–Kier alpha value is -2.80. The van der Waals surface area contributed by atoms with Gasteiger partial charge in [-0.05, 0) is 30.5 Å². The molecule has 4 rings (SSSR count). The molecule has 152 valence electrons. The van der Waals surface area contributed by atoms with E-state index in [-0.39, 0.29) is 41.3 Å². The zero-order valence-electron chi connectivity index (χ0n) is 16.3. The quantitative estimate of drug-likeness (QED) is 0.717. The number of nitrogens with two attached hydrogens (primary N) is 1. The number of hydrogen-bond donors (Lipinski definition) is 2. The van der Waals surface area contributed by atoms with Gasteiger partial charge in [-0.1, -0.05) is 25.4 Å². The summed E-state index contributed by atoms with van der Waals surface area (Å²) >= 11 is 6.22. The van der Waals surface area contributed by atoms with Crippen molar-refractivity contribution in [3.63, 3.8) is 0 Å². The maximum atomic E-state index is 13.5. The Morgan fingerprint density at radius 3 is 2.72 bits per heavy atom. The lowest BCUT2D eigenvalue weighted by atomic mass is 9.62. The van der Waals surface area contributed by atoms with E-state index in [0.29, 0.717) is 28.5 Å². The van der Waals surface area contributed by atoms with E-state index in [1.54, 1.807) is 25.1 Å². The highest BCUT2D eigenvalue weighted by Crippen LogP contribution is 2.56. The smallest absolute Gasteiger partial charge is 0.341 e. The molecule has 1 aromatic carbocycles. The number of anilines is 1. The molecule has 3 aliphatic rings. The van der Waals surface area contributed by atoms with E-state index in [9.17, 15) is 14.4 Å². The number of esters is 1. The minimum Gasteiger partial charge on any atom is -0.462 e. The third-order valence-electron chi connectivity index (χ3n) is 5.52. The van der Waals surface area contributed by atoms with Gasteiger partial charge < -0.3 is 20.5 Å². The van der Waals surface area contributed by atoms with Crippen molar-refractivity contribution in [3.05, 3.63) is 51.6 Å². The molecule has 1 amide bonds. The molecule has 0 saturated carbocycles. The van der Waals surface area contributed by atoms with E-state index in [1.807, 2.05) is 13.8 Å². The van der Waals surface area contributed by atoms with Gasteiger partial charge in [0.15, 0.2) is 5.78 Å². The number of fused-ring (bicyclic) bond motifs is 3. The van der Waals surface area contributed by atoms with Crippen LogP contribution in [0.15, 0.2) is 41.0 Å². The monoisotopic (exact) mass is 416 g/mol. The van der Waals surface area contributed by atoms with Gasteiger partial charge in [0.1, 0.15) is 16.7 Å². The van der Waals surface area contributed by atoms with Crippen LogP contribution < -0.4 is 11.1 Å². The van der Waals surface area contributed by atoms with Gasteiger partial charge in [-0.25, -0.2) is 4.79 Å². The minimum absolute atomic E-state index is 0.0720. The first kappa shape index (κ1) is 19.5. The molecule has 0 bridgehead atoms. The van der Waals surface area contributed by atoms with Crippen LogP contribution in [0.2, 0.25) is 5.02 Å². The Morgan fingerprint density at radius 2 is 2.03 bits per heavy atom. The van der Waals surface area contributed by atoms with Gasteiger partial charge in [0.05, 0.1) is 12.2 Å². The second kappa shape index (κ2) is 6.35. The van der Waals surface area contributed by atoms with Crippen LogP contribution in [0.25, 0.3) is 0 Å². The Balaban J connectivity index is 2.08. The molecule has 1 spiro atoms. The van der Waals surface area contributed by atoms with Crippen LogP contribution in [-0.4, -0.2) is 24.3 Å². The summed E-state index contributed by atoms with van der Waals surface area (Å²) in [6.07, 6.45) is 0.603.